The molecule has 0 aromatic heterocycles. The van der Waals surface area contributed by atoms with Crippen molar-refractivity contribution in [2.45, 2.75) is 37.5 Å². The van der Waals surface area contributed by atoms with Crippen molar-refractivity contribution in [3.05, 3.63) is 29.8 Å². The Balaban J connectivity index is 1.32. The van der Waals surface area contributed by atoms with E-state index in [1.165, 1.54) is 23.4 Å². The SMILES string of the molecule is CC(=O)c1cccc(S(=O)(=O)N2CCC(C(=O)N3CCN(C(=O)C4CC4)CC3)CC2)c1. The summed E-state index contributed by atoms with van der Waals surface area (Å²) in [6.45, 7) is 4.24. The third kappa shape index (κ3) is 4.67. The largest absolute Gasteiger partial charge is 0.339 e. The average molecular weight is 448 g/mol. The summed E-state index contributed by atoms with van der Waals surface area (Å²) in [6, 6.07) is 6.09. The fourth-order valence-electron chi connectivity index (χ4n) is 4.36. The van der Waals surface area contributed by atoms with Crippen LogP contribution in [0.1, 0.15) is 43.0 Å². The highest BCUT2D eigenvalue weighted by Gasteiger charge is 2.37. The summed E-state index contributed by atoms with van der Waals surface area (Å²) < 4.78 is 27.4. The Morgan fingerprint density at radius 1 is 0.806 bits per heavy atom. The van der Waals surface area contributed by atoms with Crippen LogP contribution in [0.4, 0.5) is 0 Å². The summed E-state index contributed by atoms with van der Waals surface area (Å²) in [4.78, 5) is 40.5. The molecule has 0 N–H and O–H groups in total. The molecule has 0 unspecified atom stereocenters. The molecule has 2 saturated heterocycles. The van der Waals surface area contributed by atoms with Crippen LogP contribution in [0.5, 0.6) is 0 Å². The van der Waals surface area contributed by atoms with Crippen molar-refractivity contribution in [1.29, 1.82) is 0 Å². The number of Topliss-reactive ketones (excluding diaryl/α,β-unsaturated/α-hetero) is 1. The second kappa shape index (κ2) is 8.70. The Kier molecular flexibility index (Phi) is 6.16. The summed E-state index contributed by atoms with van der Waals surface area (Å²) in [5, 5.41) is 0. The van der Waals surface area contributed by atoms with Gasteiger partial charge in [0.15, 0.2) is 5.78 Å². The quantitative estimate of drug-likeness (QED) is 0.636. The van der Waals surface area contributed by atoms with Gasteiger partial charge < -0.3 is 9.80 Å². The zero-order chi connectivity index (χ0) is 22.2. The lowest BCUT2D eigenvalue weighted by Gasteiger charge is -2.38. The van der Waals surface area contributed by atoms with Crippen molar-refractivity contribution < 1.29 is 22.8 Å². The van der Waals surface area contributed by atoms with E-state index in [1.54, 1.807) is 12.1 Å². The predicted molar refractivity (Wildman–Crippen MR) is 114 cm³/mol. The van der Waals surface area contributed by atoms with E-state index in [0.29, 0.717) is 44.6 Å². The molecule has 4 rings (SSSR count). The summed E-state index contributed by atoms with van der Waals surface area (Å²) in [5.74, 6) is 0.110. The van der Waals surface area contributed by atoms with Crippen LogP contribution < -0.4 is 0 Å². The van der Waals surface area contributed by atoms with Gasteiger partial charge in [-0.15, -0.1) is 0 Å². The van der Waals surface area contributed by atoms with Crippen LogP contribution in [-0.2, 0) is 19.6 Å². The van der Waals surface area contributed by atoms with Gasteiger partial charge in [0.25, 0.3) is 0 Å². The van der Waals surface area contributed by atoms with Crippen LogP contribution >= 0.6 is 0 Å². The second-order valence-electron chi connectivity index (χ2n) is 8.69. The van der Waals surface area contributed by atoms with Crippen LogP contribution in [0.2, 0.25) is 0 Å². The van der Waals surface area contributed by atoms with E-state index >= 15 is 0 Å². The van der Waals surface area contributed by atoms with Gasteiger partial charge in [0.2, 0.25) is 21.8 Å². The number of benzene rings is 1. The van der Waals surface area contributed by atoms with Crippen molar-refractivity contribution in [2.75, 3.05) is 39.3 Å². The predicted octanol–water partition coefficient (Wildman–Crippen LogP) is 1.37. The van der Waals surface area contributed by atoms with Crippen molar-refractivity contribution in [2.24, 2.45) is 11.8 Å². The molecule has 1 aliphatic carbocycles. The van der Waals surface area contributed by atoms with Gasteiger partial charge in [-0.25, -0.2) is 8.42 Å². The molecular formula is C22H29N3O5S. The van der Waals surface area contributed by atoms with Gasteiger partial charge in [-0.1, -0.05) is 12.1 Å². The van der Waals surface area contributed by atoms with Crippen LogP contribution in [0.3, 0.4) is 0 Å². The maximum Gasteiger partial charge on any atom is 0.243 e. The third-order valence-electron chi connectivity index (χ3n) is 6.51. The molecule has 8 nitrogen and oxygen atoms in total. The molecule has 3 aliphatic rings. The van der Waals surface area contributed by atoms with Crippen molar-refractivity contribution in [1.82, 2.24) is 14.1 Å². The normalized spacial score (nSPS) is 21.2. The topological polar surface area (TPSA) is 95.1 Å². The highest BCUT2D eigenvalue weighted by molar-refractivity contribution is 7.89. The number of ketones is 1. The van der Waals surface area contributed by atoms with Crippen LogP contribution in [0, 0.1) is 11.8 Å². The lowest BCUT2D eigenvalue weighted by atomic mass is 9.96. The molecule has 1 aromatic carbocycles. The molecule has 3 fully saturated rings. The molecule has 0 radical (unpaired) electrons. The molecule has 1 saturated carbocycles. The molecule has 0 spiro atoms. The molecule has 2 amide bonds. The minimum atomic E-state index is -3.70. The van der Waals surface area contributed by atoms with Gasteiger partial charge in [-0.2, -0.15) is 4.31 Å². The van der Waals surface area contributed by atoms with Gasteiger partial charge in [-0.3, -0.25) is 14.4 Å². The lowest BCUT2D eigenvalue weighted by Crippen LogP contribution is -2.53. The molecule has 2 heterocycles. The van der Waals surface area contributed by atoms with Gasteiger partial charge in [0.1, 0.15) is 0 Å². The Labute approximate surface area is 183 Å². The Bertz CT molecular complexity index is 973. The summed E-state index contributed by atoms with van der Waals surface area (Å²) in [5.41, 5.74) is 0.366. The first-order valence-electron chi connectivity index (χ1n) is 11.0. The molecular weight excluding hydrogens is 418 g/mol. The van der Waals surface area contributed by atoms with Crippen LogP contribution in [0.25, 0.3) is 0 Å². The number of amides is 2. The van der Waals surface area contributed by atoms with Gasteiger partial charge >= 0.3 is 0 Å². The Morgan fingerprint density at radius 2 is 1.32 bits per heavy atom. The minimum Gasteiger partial charge on any atom is -0.339 e. The molecule has 168 valence electrons. The highest BCUT2D eigenvalue weighted by Crippen LogP contribution is 2.31. The van der Waals surface area contributed by atoms with Crippen molar-refractivity contribution >= 4 is 27.6 Å². The number of hydrogen-bond acceptors (Lipinski definition) is 5. The number of carbonyl (C=O) groups excluding carboxylic acids is 3. The van der Waals surface area contributed by atoms with Crippen molar-refractivity contribution in [3.8, 4) is 0 Å². The van der Waals surface area contributed by atoms with Gasteiger partial charge in [0.05, 0.1) is 4.90 Å². The van der Waals surface area contributed by atoms with E-state index in [-0.39, 0.29) is 47.4 Å². The second-order valence-corrected chi connectivity index (χ2v) is 10.6. The van der Waals surface area contributed by atoms with Gasteiger partial charge in [-0.05, 0) is 44.7 Å². The molecule has 1 aromatic rings. The van der Waals surface area contributed by atoms with E-state index in [1.807, 2.05) is 9.80 Å². The Morgan fingerprint density at radius 3 is 1.81 bits per heavy atom. The molecule has 31 heavy (non-hydrogen) atoms. The van der Waals surface area contributed by atoms with Gasteiger partial charge in [0, 0.05) is 56.7 Å². The molecule has 2 aliphatic heterocycles. The van der Waals surface area contributed by atoms with Crippen molar-refractivity contribution in [3.63, 3.8) is 0 Å². The summed E-state index contributed by atoms with van der Waals surface area (Å²) in [6.07, 6.45) is 2.92. The number of carbonyl (C=O) groups is 3. The first-order chi connectivity index (χ1) is 14.8. The van der Waals surface area contributed by atoms with Crippen LogP contribution in [-0.4, -0.2) is 79.4 Å². The van der Waals surface area contributed by atoms with E-state index in [4.69, 9.17) is 0 Å². The first-order valence-corrected chi connectivity index (χ1v) is 12.4. The molecule has 9 heteroatoms. The zero-order valence-corrected chi connectivity index (χ0v) is 18.6. The van der Waals surface area contributed by atoms with Crippen LogP contribution in [0.15, 0.2) is 29.2 Å². The number of piperazine rings is 1. The highest BCUT2D eigenvalue weighted by atomic mass is 32.2. The monoisotopic (exact) mass is 447 g/mol. The first kappa shape index (κ1) is 22.0. The van der Waals surface area contributed by atoms with E-state index < -0.39 is 10.0 Å². The standard InChI is InChI=1S/C22H29N3O5S/c1-16(26)19-3-2-4-20(15-19)31(29,30)25-9-7-18(8-10-25)22(28)24-13-11-23(12-14-24)21(27)17-5-6-17/h2-4,15,17-18H,5-14H2,1H3. The van der Waals surface area contributed by atoms with E-state index in [2.05, 4.69) is 0 Å². The number of sulfonamides is 1. The fourth-order valence-corrected chi connectivity index (χ4v) is 5.88. The number of piperidine rings is 1. The fraction of sp³-hybridized carbons (Fsp3) is 0.591. The average Bonchev–Trinajstić information content (AvgIpc) is 3.64. The maximum absolute atomic E-state index is 13.0. The number of hydrogen-bond donors (Lipinski definition) is 0. The Hall–Kier alpha value is -2.26. The lowest BCUT2D eigenvalue weighted by molar-refractivity contribution is -0.143. The summed E-state index contributed by atoms with van der Waals surface area (Å²) >= 11 is 0. The zero-order valence-electron chi connectivity index (χ0n) is 17.8. The summed E-state index contributed by atoms with van der Waals surface area (Å²) in [7, 11) is -3.70. The third-order valence-corrected chi connectivity index (χ3v) is 8.41. The minimum absolute atomic E-state index is 0.0640. The number of nitrogens with zero attached hydrogens (tertiary/aromatic N) is 3. The number of rotatable bonds is 5. The maximum atomic E-state index is 13.0. The smallest absolute Gasteiger partial charge is 0.243 e. The van der Waals surface area contributed by atoms with E-state index in [9.17, 15) is 22.8 Å². The van der Waals surface area contributed by atoms with E-state index in [0.717, 1.165) is 12.8 Å². The molecule has 0 bridgehead atoms. The molecule has 0 atom stereocenters.